The minimum absolute atomic E-state index is 0.209. The second-order valence-electron chi connectivity index (χ2n) is 3.08. The van der Waals surface area contributed by atoms with Gasteiger partial charge in [0, 0.05) is 13.2 Å². The van der Waals surface area contributed by atoms with Crippen molar-refractivity contribution in [3.8, 4) is 0 Å². The number of carbonyl (C=O) groups is 1. The van der Waals surface area contributed by atoms with Gasteiger partial charge in [-0.2, -0.15) is 0 Å². The maximum absolute atomic E-state index is 10.6. The molecule has 0 saturated carbocycles. The molecule has 1 aliphatic rings. The fourth-order valence-electron chi connectivity index (χ4n) is 1.42. The Kier molecular flexibility index (Phi) is 12.9. The molecule has 15 heavy (non-hydrogen) atoms. The van der Waals surface area contributed by atoms with E-state index in [-0.39, 0.29) is 5.92 Å². The Morgan fingerprint density at radius 3 is 1.93 bits per heavy atom. The van der Waals surface area contributed by atoms with Crippen LogP contribution in [0, 0.1) is 11.8 Å². The largest absolute Gasteiger partial charge is 0.481 e. The first-order chi connectivity index (χ1) is 7.22. The quantitative estimate of drug-likeness (QED) is 0.774. The van der Waals surface area contributed by atoms with E-state index in [9.17, 15) is 4.79 Å². The van der Waals surface area contributed by atoms with E-state index in [1.165, 1.54) is 0 Å². The minimum Gasteiger partial charge on any atom is -0.481 e. The lowest BCUT2D eigenvalue weighted by Gasteiger charge is -2.24. The van der Waals surface area contributed by atoms with Crippen LogP contribution in [0.25, 0.3) is 0 Å². The Morgan fingerprint density at radius 2 is 1.60 bits per heavy atom. The van der Waals surface area contributed by atoms with Crippen LogP contribution in [0.2, 0.25) is 0 Å². The number of carboxylic acids is 1. The van der Waals surface area contributed by atoms with Crippen molar-refractivity contribution in [2.45, 2.75) is 47.5 Å². The fourth-order valence-corrected chi connectivity index (χ4v) is 1.42. The monoisotopic (exact) mass is 218 g/mol. The first-order valence-electron chi connectivity index (χ1n) is 6.02. The van der Waals surface area contributed by atoms with Crippen molar-refractivity contribution in [2.75, 3.05) is 13.2 Å². The van der Waals surface area contributed by atoms with Gasteiger partial charge in [0.15, 0.2) is 0 Å². The van der Waals surface area contributed by atoms with Gasteiger partial charge < -0.3 is 9.84 Å². The normalized spacial score (nSPS) is 17.7. The standard InChI is InChI=1S/C8H14O3.2C2H6/c1-6(8(9)10)7-2-4-11-5-3-7;2*1-2/h6-7H,2-5H2,1H3,(H,9,10);2*1-2H3. The van der Waals surface area contributed by atoms with Crippen LogP contribution in [0.5, 0.6) is 0 Å². The van der Waals surface area contributed by atoms with Gasteiger partial charge in [0.2, 0.25) is 0 Å². The van der Waals surface area contributed by atoms with Crippen LogP contribution in [0.3, 0.4) is 0 Å². The minimum atomic E-state index is -0.683. The summed E-state index contributed by atoms with van der Waals surface area (Å²) in [5.74, 6) is -0.572. The van der Waals surface area contributed by atoms with Crippen molar-refractivity contribution in [1.82, 2.24) is 0 Å². The third-order valence-corrected chi connectivity index (χ3v) is 2.36. The maximum atomic E-state index is 10.6. The SMILES string of the molecule is CC.CC.CC(C(=O)O)C1CCOCC1. The summed E-state index contributed by atoms with van der Waals surface area (Å²) >= 11 is 0. The Labute approximate surface area is 93.8 Å². The zero-order chi connectivity index (χ0) is 12.3. The number of rotatable bonds is 2. The summed E-state index contributed by atoms with van der Waals surface area (Å²) < 4.78 is 5.14. The molecule has 1 rings (SSSR count). The zero-order valence-electron chi connectivity index (χ0n) is 10.7. The molecule has 1 heterocycles. The lowest BCUT2D eigenvalue weighted by atomic mass is 9.87. The number of hydrogen-bond acceptors (Lipinski definition) is 2. The van der Waals surface area contributed by atoms with E-state index in [0.29, 0.717) is 5.92 Å². The molecular formula is C12H26O3. The van der Waals surface area contributed by atoms with Gasteiger partial charge in [-0.05, 0) is 18.8 Å². The molecule has 0 aliphatic carbocycles. The molecular weight excluding hydrogens is 192 g/mol. The van der Waals surface area contributed by atoms with E-state index in [2.05, 4.69) is 0 Å². The Bertz CT molecular complexity index is 140. The molecule has 1 aliphatic heterocycles. The number of aliphatic carboxylic acids is 1. The molecule has 92 valence electrons. The van der Waals surface area contributed by atoms with Crippen molar-refractivity contribution < 1.29 is 14.6 Å². The summed E-state index contributed by atoms with van der Waals surface area (Å²) in [6, 6.07) is 0. The van der Waals surface area contributed by atoms with Gasteiger partial charge >= 0.3 is 5.97 Å². The highest BCUT2D eigenvalue weighted by Crippen LogP contribution is 2.23. The molecule has 1 unspecified atom stereocenters. The topological polar surface area (TPSA) is 46.5 Å². The van der Waals surface area contributed by atoms with Gasteiger partial charge in [-0.3, -0.25) is 4.79 Å². The van der Waals surface area contributed by atoms with Crippen molar-refractivity contribution in [2.24, 2.45) is 11.8 Å². The molecule has 3 heteroatoms. The lowest BCUT2D eigenvalue weighted by molar-refractivity contribution is -0.144. The Morgan fingerprint density at radius 1 is 1.20 bits per heavy atom. The number of carboxylic acid groups (broad SMARTS) is 1. The predicted octanol–water partition coefficient (Wildman–Crippen LogP) is 3.19. The van der Waals surface area contributed by atoms with E-state index >= 15 is 0 Å². The Balaban J connectivity index is 0. The van der Waals surface area contributed by atoms with Gasteiger partial charge in [0.25, 0.3) is 0 Å². The summed E-state index contributed by atoms with van der Waals surface area (Å²) in [5.41, 5.74) is 0. The third kappa shape index (κ3) is 7.37. The molecule has 0 radical (unpaired) electrons. The second kappa shape index (κ2) is 11.5. The van der Waals surface area contributed by atoms with Gasteiger partial charge in [0.1, 0.15) is 0 Å². The molecule has 0 aromatic rings. The van der Waals surface area contributed by atoms with Gasteiger partial charge in [0.05, 0.1) is 5.92 Å². The van der Waals surface area contributed by atoms with Crippen LogP contribution in [0.15, 0.2) is 0 Å². The van der Waals surface area contributed by atoms with E-state index in [1.807, 2.05) is 27.7 Å². The molecule has 0 aromatic heterocycles. The smallest absolute Gasteiger partial charge is 0.306 e. The van der Waals surface area contributed by atoms with E-state index in [4.69, 9.17) is 9.84 Å². The molecule has 3 nitrogen and oxygen atoms in total. The zero-order valence-corrected chi connectivity index (χ0v) is 10.7. The molecule has 0 bridgehead atoms. The predicted molar refractivity (Wildman–Crippen MR) is 63.0 cm³/mol. The number of hydrogen-bond donors (Lipinski definition) is 1. The average molecular weight is 218 g/mol. The van der Waals surface area contributed by atoms with Crippen LogP contribution in [-0.4, -0.2) is 24.3 Å². The molecule has 0 aromatic carbocycles. The second-order valence-corrected chi connectivity index (χ2v) is 3.08. The van der Waals surface area contributed by atoms with E-state index in [0.717, 1.165) is 26.1 Å². The van der Waals surface area contributed by atoms with Crippen LogP contribution >= 0.6 is 0 Å². The van der Waals surface area contributed by atoms with E-state index < -0.39 is 5.97 Å². The van der Waals surface area contributed by atoms with Crippen LogP contribution < -0.4 is 0 Å². The van der Waals surface area contributed by atoms with Crippen LogP contribution in [-0.2, 0) is 9.53 Å². The molecule has 0 spiro atoms. The third-order valence-electron chi connectivity index (χ3n) is 2.36. The van der Waals surface area contributed by atoms with Gasteiger partial charge in [-0.1, -0.05) is 34.6 Å². The summed E-state index contributed by atoms with van der Waals surface area (Å²) in [7, 11) is 0. The summed E-state index contributed by atoms with van der Waals surface area (Å²) in [5, 5.41) is 8.69. The maximum Gasteiger partial charge on any atom is 0.306 e. The molecule has 1 saturated heterocycles. The summed E-state index contributed by atoms with van der Waals surface area (Å²) in [6.45, 7) is 11.2. The molecule has 0 amide bonds. The van der Waals surface area contributed by atoms with Crippen molar-refractivity contribution in [3.63, 3.8) is 0 Å². The first kappa shape index (κ1) is 16.8. The summed E-state index contributed by atoms with van der Waals surface area (Å²) in [4.78, 5) is 10.6. The first-order valence-corrected chi connectivity index (χ1v) is 6.02. The number of ether oxygens (including phenoxy) is 1. The fraction of sp³-hybridized carbons (Fsp3) is 0.917. The van der Waals surface area contributed by atoms with Gasteiger partial charge in [-0.25, -0.2) is 0 Å². The van der Waals surface area contributed by atoms with Crippen molar-refractivity contribution >= 4 is 5.97 Å². The van der Waals surface area contributed by atoms with Crippen LogP contribution in [0.4, 0.5) is 0 Å². The Hall–Kier alpha value is -0.570. The van der Waals surface area contributed by atoms with Crippen molar-refractivity contribution in [1.29, 1.82) is 0 Å². The van der Waals surface area contributed by atoms with Crippen LogP contribution in [0.1, 0.15) is 47.5 Å². The molecule has 1 fully saturated rings. The highest BCUT2D eigenvalue weighted by Gasteiger charge is 2.25. The summed E-state index contributed by atoms with van der Waals surface area (Å²) in [6.07, 6.45) is 1.79. The molecule has 1 atom stereocenters. The average Bonchev–Trinajstić information content (AvgIpc) is 2.34. The molecule has 1 N–H and O–H groups in total. The highest BCUT2D eigenvalue weighted by molar-refractivity contribution is 5.69. The highest BCUT2D eigenvalue weighted by atomic mass is 16.5. The lowest BCUT2D eigenvalue weighted by Crippen LogP contribution is -2.26. The van der Waals surface area contributed by atoms with Gasteiger partial charge in [-0.15, -0.1) is 0 Å². The van der Waals surface area contributed by atoms with Crippen molar-refractivity contribution in [3.05, 3.63) is 0 Å². The van der Waals surface area contributed by atoms with E-state index in [1.54, 1.807) is 6.92 Å².